The molecule has 0 radical (unpaired) electrons. The Morgan fingerprint density at radius 1 is 1.27 bits per heavy atom. The van der Waals surface area contributed by atoms with Crippen molar-refractivity contribution < 1.29 is 18.0 Å². The van der Waals surface area contributed by atoms with Gasteiger partial charge in [-0.3, -0.25) is 0 Å². The van der Waals surface area contributed by atoms with Crippen LogP contribution in [0.15, 0.2) is 30.3 Å². The summed E-state index contributed by atoms with van der Waals surface area (Å²) in [6.45, 7) is -0.570. The van der Waals surface area contributed by atoms with Crippen LogP contribution in [-0.2, 0) is 6.54 Å². The molecule has 2 amide bonds. The van der Waals surface area contributed by atoms with E-state index in [0.717, 1.165) is 0 Å². The Morgan fingerprint density at radius 2 is 1.80 bits per heavy atom. The van der Waals surface area contributed by atoms with Gasteiger partial charge >= 0.3 is 12.3 Å². The third-order valence-electron chi connectivity index (χ3n) is 1.76. The van der Waals surface area contributed by atoms with Gasteiger partial charge in [0.1, 0.15) is 0 Å². The third kappa shape index (κ3) is 3.16. The highest BCUT2D eigenvalue weighted by molar-refractivity contribution is 5.72. The zero-order chi connectivity index (χ0) is 11.5. The summed E-state index contributed by atoms with van der Waals surface area (Å²) in [5, 5.41) is 0. The van der Waals surface area contributed by atoms with Crippen molar-refractivity contribution in [2.24, 2.45) is 5.73 Å². The largest absolute Gasteiger partial charge is 0.488 e. The number of nitrogens with two attached hydrogens (primary N) is 1. The van der Waals surface area contributed by atoms with Gasteiger partial charge in [-0.15, -0.1) is 13.2 Å². The maximum absolute atomic E-state index is 12.3. The molecule has 0 spiro atoms. The van der Waals surface area contributed by atoms with Crippen molar-refractivity contribution >= 4 is 6.03 Å². The van der Waals surface area contributed by atoms with Crippen molar-refractivity contribution in [3.05, 3.63) is 35.9 Å². The molecule has 0 aliphatic heterocycles. The predicted molar refractivity (Wildman–Crippen MR) is 47.6 cm³/mol. The van der Waals surface area contributed by atoms with E-state index in [1.54, 1.807) is 18.2 Å². The summed E-state index contributed by atoms with van der Waals surface area (Å²) in [7, 11) is 0. The molecule has 0 unspecified atom stereocenters. The van der Waals surface area contributed by atoms with Gasteiger partial charge in [0.05, 0.1) is 6.54 Å². The van der Waals surface area contributed by atoms with Crippen LogP contribution in [0.3, 0.4) is 0 Å². The molecule has 0 fully saturated rings. The summed E-state index contributed by atoms with van der Waals surface area (Å²) in [5.74, 6) is 0. The Hall–Kier alpha value is -1.72. The van der Waals surface area contributed by atoms with E-state index in [9.17, 15) is 18.0 Å². The molecule has 0 atom stereocenters. The van der Waals surface area contributed by atoms with Gasteiger partial charge in [-0.25, -0.2) is 9.69 Å². The number of carbonyl (C=O) groups excluding carboxylic acids is 1. The number of rotatable bonds is 2. The van der Waals surface area contributed by atoms with Crippen LogP contribution in [0.25, 0.3) is 0 Å². The van der Waals surface area contributed by atoms with Crippen LogP contribution >= 0.6 is 0 Å². The van der Waals surface area contributed by atoms with Gasteiger partial charge < -0.3 is 5.73 Å². The number of alkyl halides is 3. The summed E-state index contributed by atoms with van der Waals surface area (Å²) in [4.78, 5) is 10.2. The van der Waals surface area contributed by atoms with E-state index in [4.69, 9.17) is 0 Å². The first-order valence-electron chi connectivity index (χ1n) is 4.09. The first-order valence-corrected chi connectivity index (χ1v) is 4.09. The summed E-state index contributed by atoms with van der Waals surface area (Å²) in [6, 6.07) is 6.32. The van der Waals surface area contributed by atoms with Gasteiger partial charge in [0.15, 0.2) is 0 Å². The number of urea groups is 1. The first-order chi connectivity index (χ1) is 6.91. The standard InChI is InChI=1S/C9H9F3N2O/c10-9(11,12)14(8(13)15)6-7-4-2-1-3-5-7/h1-5H,6H2,(H2,13,15). The average Bonchev–Trinajstić information content (AvgIpc) is 2.13. The molecule has 1 rings (SSSR count). The number of benzene rings is 1. The molecule has 0 aromatic heterocycles. The number of carbonyl (C=O) groups is 1. The molecule has 0 aliphatic rings. The fourth-order valence-electron chi connectivity index (χ4n) is 1.06. The van der Waals surface area contributed by atoms with Gasteiger partial charge in [-0.05, 0) is 5.56 Å². The Bertz CT molecular complexity index is 337. The predicted octanol–water partition coefficient (Wildman–Crippen LogP) is 2.09. The second kappa shape index (κ2) is 4.20. The number of hydrogen-bond acceptors (Lipinski definition) is 1. The molecular formula is C9H9F3N2O. The Balaban J connectivity index is 2.82. The number of nitrogens with zero attached hydrogens (tertiary/aromatic N) is 1. The molecule has 0 heterocycles. The van der Waals surface area contributed by atoms with Crippen LogP contribution in [0.5, 0.6) is 0 Å². The second-order valence-electron chi connectivity index (χ2n) is 2.88. The lowest BCUT2D eigenvalue weighted by Gasteiger charge is -2.22. The summed E-state index contributed by atoms with van der Waals surface area (Å²) >= 11 is 0. The van der Waals surface area contributed by atoms with Crippen molar-refractivity contribution in [3.63, 3.8) is 0 Å². The minimum Gasteiger partial charge on any atom is -0.351 e. The van der Waals surface area contributed by atoms with Crippen molar-refractivity contribution in [3.8, 4) is 0 Å². The van der Waals surface area contributed by atoms with E-state index in [0.29, 0.717) is 5.56 Å². The Kier molecular flexibility index (Phi) is 3.18. The molecule has 1 aromatic carbocycles. The monoisotopic (exact) mass is 218 g/mol. The third-order valence-corrected chi connectivity index (χ3v) is 1.76. The van der Waals surface area contributed by atoms with Gasteiger partial charge in [0.2, 0.25) is 0 Å². The maximum atomic E-state index is 12.3. The second-order valence-corrected chi connectivity index (χ2v) is 2.88. The Morgan fingerprint density at radius 3 is 2.20 bits per heavy atom. The average molecular weight is 218 g/mol. The molecule has 6 heteroatoms. The van der Waals surface area contributed by atoms with Crippen LogP contribution in [0.1, 0.15) is 5.56 Å². The van der Waals surface area contributed by atoms with E-state index in [1.807, 2.05) is 0 Å². The quantitative estimate of drug-likeness (QED) is 0.759. The molecule has 0 bridgehead atoms. The molecular weight excluding hydrogens is 209 g/mol. The smallest absolute Gasteiger partial charge is 0.351 e. The van der Waals surface area contributed by atoms with Gasteiger partial charge in [-0.1, -0.05) is 30.3 Å². The maximum Gasteiger partial charge on any atom is 0.488 e. The number of primary amides is 1. The molecule has 1 aromatic rings. The van der Waals surface area contributed by atoms with Crippen LogP contribution in [0.4, 0.5) is 18.0 Å². The lowest BCUT2D eigenvalue weighted by Crippen LogP contribution is -2.45. The lowest BCUT2D eigenvalue weighted by molar-refractivity contribution is -0.226. The van der Waals surface area contributed by atoms with Crippen molar-refractivity contribution in [1.82, 2.24) is 4.90 Å². The van der Waals surface area contributed by atoms with Crippen LogP contribution in [-0.4, -0.2) is 17.2 Å². The highest BCUT2D eigenvalue weighted by Gasteiger charge is 2.39. The molecule has 0 saturated heterocycles. The van der Waals surface area contributed by atoms with E-state index < -0.39 is 18.9 Å². The Labute approximate surface area is 84.3 Å². The molecule has 82 valence electrons. The minimum absolute atomic E-state index is 0.345. The van der Waals surface area contributed by atoms with Crippen molar-refractivity contribution in [2.75, 3.05) is 0 Å². The topological polar surface area (TPSA) is 46.3 Å². The summed E-state index contributed by atoms with van der Waals surface area (Å²) < 4.78 is 36.8. The number of hydrogen-bond donors (Lipinski definition) is 1. The van der Waals surface area contributed by atoms with Crippen molar-refractivity contribution in [1.29, 1.82) is 0 Å². The highest BCUT2D eigenvalue weighted by Crippen LogP contribution is 2.22. The van der Waals surface area contributed by atoms with Crippen LogP contribution in [0.2, 0.25) is 0 Å². The lowest BCUT2D eigenvalue weighted by atomic mass is 10.2. The molecule has 3 nitrogen and oxygen atoms in total. The fourth-order valence-corrected chi connectivity index (χ4v) is 1.06. The summed E-state index contributed by atoms with van der Waals surface area (Å²) in [5.41, 5.74) is 5.01. The van der Waals surface area contributed by atoms with E-state index in [2.05, 4.69) is 5.73 Å². The first kappa shape index (κ1) is 11.4. The zero-order valence-electron chi connectivity index (χ0n) is 7.66. The zero-order valence-corrected chi connectivity index (χ0v) is 7.66. The SMILES string of the molecule is NC(=O)N(Cc1ccccc1)C(F)(F)F. The van der Waals surface area contributed by atoms with E-state index >= 15 is 0 Å². The minimum atomic E-state index is -4.75. The molecule has 2 N–H and O–H groups in total. The van der Waals surface area contributed by atoms with E-state index in [-0.39, 0.29) is 4.90 Å². The van der Waals surface area contributed by atoms with Crippen LogP contribution in [0, 0.1) is 0 Å². The van der Waals surface area contributed by atoms with Crippen LogP contribution < -0.4 is 5.73 Å². The molecule has 15 heavy (non-hydrogen) atoms. The van der Waals surface area contributed by atoms with Gasteiger partial charge in [-0.2, -0.15) is 0 Å². The van der Waals surface area contributed by atoms with Gasteiger partial charge in [0, 0.05) is 0 Å². The van der Waals surface area contributed by atoms with Crippen molar-refractivity contribution in [2.45, 2.75) is 12.8 Å². The molecule has 0 saturated carbocycles. The molecule has 0 aliphatic carbocycles. The normalized spacial score (nSPS) is 11.1. The number of amides is 2. The highest BCUT2D eigenvalue weighted by atomic mass is 19.4. The number of halogens is 3. The van der Waals surface area contributed by atoms with E-state index in [1.165, 1.54) is 12.1 Å². The van der Waals surface area contributed by atoms with Gasteiger partial charge in [0.25, 0.3) is 0 Å². The summed E-state index contributed by atoms with van der Waals surface area (Å²) in [6.07, 6.45) is -4.75. The fraction of sp³-hybridized carbons (Fsp3) is 0.222.